The summed E-state index contributed by atoms with van der Waals surface area (Å²) in [6.07, 6.45) is 4.57. The third-order valence-corrected chi connectivity index (χ3v) is 3.42. The van der Waals surface area contributed by atoms with E-state index in [1.165, 1.54) is 12.8 Å². The number of amides is 1. The van der Waals surface area contributed by atoms with Crippen LogP contribution in [0, 0.1) is 0 Å². The molecule has 0 spiro atoms. The van der Waals surface area contributed by atoms with Gasteiger partial charge in [-0.15, -0.1) is 0 Å². The molecule has 2 nitrogen and oxygen atoms in total. The lowest BCUT2D eigenvalue weighted by Crippen LogP contribution is -2.32. The molecule has 0 saturated carbocycles. The van der Waals surface area contributed by atoms with Crippen LogP contribution >= 0.6 is 27.5 Å². The van der Waals surface area contributed by atoms with Crippen molar-refractivity contribution in [3.05, 3.63) is 33.3 Å². The lowest BCUT2D eigenvalue weighted by molar-refractivity contribution is 0.0938. The summed E-state index contributed by atoms with van der Waals surface area (Å²) in [5.41, 5.74) is 0.594. The second kappa shape index (κ2) is 7.80. The Morgan fingerprint density at radius 1 is 1.39 bits per heavy atom. The monoisotopic (exact) mass is 331 g/mol. The van der Waals surface area contributed by atoms with Gasteiger partial charge < -0.3 is 5.32 Å². The van der Waals surface area contributed by atoms with Crippen LogP contribution in [0.3, 0.4) is 0 Å². The Hall–Kier alpha value is -0.540. The first-order chi connectivity index (χ1) is 8.52. The van der Waals surface area contributed by atoms with Crippen LogP contribution in [0.25, 0.3) is 0 Å². The van der Waals surface area contributed by atoms with Crippen molar-refractivity contribution in [2.24, 2.45) is 0 Å². The maximum absolute atomic E-state index is 12.0. The molecule has 0 aliphatic carbocycles. The van der Waals surface area contributed by atoms with Crippen LogP contribution in [0.15, 0.2) is 22.7 Å². The van der Waals surface area contributed by atoms with Crippen molar-refractivity contribution in [1.82, 2.24) is 5.32 Å². The first-order valence-electron chi connectivity index (χ1n) is 6.30. The van der Waals surface area contributed by atoms with Crippen molar-refractivity contribution < 1.29 is 4.79 Å². The summed E-state index contributed by atoms with van der Waals surface area (Å²) in [5.74, 6) is -0.0674. The number of hydrogen-bond acceptors (Lipinski definition) is 1. The van der Waals surface area contributed by atoms with E-state index in [9.17, 15) is 4.79 Å². The topological polar surface area (TPSA) is 29.1 Å². The highest BCUT2D eigenvalue weighted by Gasteiger charge is 2.10. The predicted molar refractivity (Wildman–Crippen MR) is 80.2 cm³/mol. The fraction of sp³-hybridized carbons (Fsp3) is 0.500. The van der Waals surface area contributed by atoms with Crippen molar-refractivity contribution in [3.63, 3.8) is 0 Å². The number of rotatable bonds is 6. The van der Waals surface area contributed by atoms with Crippen molar-refractivity contribution >= 4 is 33.4 Å². The van der Waals surface area contributed by atoms with Crippen molar-refractivity contribution in [1.29, 1.82) is 0 Å². The Bertz CT molecular complexity index is 389. The number of nitrogens with one attached hydrogen (secondary N) is 1. The zero-order valence-electron chi connectivity index (χ0n) is 10.8. The Labute approximate surface area is 122 Å². The first-order valence-corrected chi connectivity index (χ1v) is 7.47. The van der Waals surface area contributed by atoms with Gasteiger partial charge in [0.25, 0.3) is 5.91 Å². The highest BCUT2D eigenvalue weighted by Crippen LogP contribution is 2.19. The minimum Gasteiger partial charge on any atom is -0.350 e. The quantitative estimate of drug-likeness (QED) is 0.745. The van der Waals surface area contributed by atoms with Crippen LogP contribution < -0.4 is 5.32 Å². The second-order valence-corrected chi connectivity index (χ2v) is 5.88. The Balaban J connectivity index is 2.54. The molecule has 1 atom stereocenters. The van der Waals surface area contributed by atoms with Gasteiger partial charge in [0.05, 0.1) is 0 Å². The molecule has 0 radical (unpaired) electrons. The molecule has 0 fully saturated rings. The number of halogens is 2. The van der Waals surface area contributed by atoms with Gasteiger partial charge in [-0.1, -0.05) is 53.7 Å². The molecule has 18 heavy (non-hydrogen) atoms. The van der Waals surface area contributed by atoms with Crippen LogP contribution in [0.5, 0.6) is 0 Å². The van der Waals surface area contributed by atoms with E-state index in [1.807, 2.05) is 6.92 Å². The molecule has 1 rings (SSSR count). The molecule has 1 N–H and O–H groups in total. The van der Waals surface area contributed by atoms with E-state index in [-0.39, 0.29) is 11.9 Å². The van der Waals surface area contributed by atoms with Crippen molar-refractivity contribution in [3.8, 4) is 0 Å². The van der Waals surface area contributed by atoms with Crippen LogP contribution in [-0.4, -0.2) is 11.9 Å². The third-order valence-electron chi connectivity index (χ3n) is 2.74. The van der Waals surface area contributed by atoms with Crippen molar-refractivity contribution in [2.75, 3.05) is 0 Å². The largest absolute Gasteiger partial charge is 0.350 e. The van der Waals surface area contributed by atoms with Gasteiger partial charge in [-0.25, -0.2) is 0 Å². The highest BCUT2D eigenvalue weighted by molar-refractivity contribution is 9.10. The smallest absolute Gasteiger partial charge is 0.251 e. The average molecular weight is 333 g/mol. The molecule has 1 aromatic rings. The van der Waals surface area contributed by atoms with Gasteiger partial charge in [0, 0.05) is 21.1 Å². The van der Waals surface area contributed by atoms with E-state index in [0.717, 1.165) is 17.3 Å². The molecule has 1 amide bonds. The molecule has 0 saturated heterocycles. The summed E-state index contributed by atoms with van der Waals surface area (Å²) in [7, 11) is 0. The van der Waals surface area contributed by atoms with Gasteiger partial charge in [-0.05, 0) is 31.5 Å². The van der Waals surface area contributed by atoms with Gasteiger partial charge in [0.1, 0.15) is 0 Å². The summed E-state index contributed by atoms with van der Waals surface area (Å²) in [5, 5.41) is 3.55. The number of benzene rings is 1. The van der Waals surface area contributed by atoms with E-state index in [2.05, 4.69) is 28.2 Å². The summed E-state index contributed by atoms with van der Waals surface area (Å²) in [4.78, 5) is 12.0. The zero-order valence-corrected chi connectivity index (χ0v) is 13.1. The fourth-order valence-corrected chi connectivity index (χ4v) is 2.62. The maximum atomic E-state index is 12.0. The fourth-order valence-electron chi connectivity index (χ4n) is 1.76. The minimum atomic E-state index is -0.0674. The van der Waals surface area contributed by atoms with Gasteiger partial charge in [0.2, 0.25) is 0 Å². The van der Waals surface area contributed by atoms with Gasteiger partial charge >= 0.3 is 0 Å². The average Bonchev–Trinajstić information content (AvgIpc) is 2.28. The molecular formula is C14H19BrClNO. The molecule has 1 aromatic carbocycles. The molecule has 0 aliphatic heterocycles. The lowest BCUT2D eigenvalue weighted by Gasteiger charge is -2.14. The highest BCUT2D eigenvalue weighted by atomic mass is 79.9. The summed E-state index contributed by atoms with van der Waals surface area (Å²) >= 11 is 9.26. The van der Waals surface area contributed by atoms with E-state index < -0.39 is 0 Å². The molecular weight excluding hydrogens is 314 g/mol. The lowest BCUT2D eigenvalue weighted by atomic mass is 10.1. The van der Waals surface area contributed by atoms with E-state index in [0.29, 0.717) is 10.6 Å². The van der Waals surface area contributed by atoms with E-state index in [1.54, 1.807) is 18.2 Å². The van der Waals surface area contributed by atoms with Gasteiger partial charge in [0.15, 0.2) is 0 Å². The predicted octanol–water partition coefficient (Wildman–Crippen LogP) is 4.80. The second-order valence-electron chi connectivity index (χ2n) is 4.53. The summed E-state index contributed by atoms with van der Waals surface area (Å²) in [6.45, 7) is 4.21. The number of carbonyl (C=O) groups is 1. The SMILES string of the molecule is CCCCCC(C)NC(=O)c1cc(Cl)cc(Br)c1. The van der Waals surface area contributed by atoms with Gasteiger partial charge in [-0.2, -0.15) is 0 Å². The van der Waals surface area contributed by atoms with E-state index >= 15 is 0 Å². The zero-order chi connectivity index (χ0) is 13.5. The van der Waals surface area contributed by atoms with Gasteiger partial charge in [-0.3, -0.25) is 4.79 Å². The first kappa shape index (κ1) is 15.5. The maximum Gasteiger partial charge on any atom is 0.251 e. The molecule has 1 unspecified atom stereocenters. The molecule has 100 valence electrons. The molecule has 0 heterocycles. The molecule has 0 aliphatic rings. The number of unbranched alkanes of at least 4 members (excludes halogenated alkanes) is 2. The van der Waals surface area contributed by atoms with Crippen LogP contribution in [0.1, 0.15) is 49.9 Å². The Morgan fingerprint density at radius 3 is 2.72 bits per heavy atom. The Morgan fingerprint density at radius 2 is 2.11 bits per heavy atom. The van der Waals surface area contributed by atoms with Crippen LogP contribution in [0.4, 0.5) is 0 Å². The standard InChI is InChI=1S/C14H19BrClNO/c1-3-4-5-6-10(2)17-14(18)11-7-12(15)9-13(16)8-11/h7-10H,3-6H2,1-2H3,(H,17,18). The van der Waals surface area contributed by atoms with E-state index in [4.69, 9.17) is 11.6 Å². The van der Waals surface area contributed by atoms with Crippen molar-refractivity contribution in [2.45, 2.75) is 45.6 Å². The Kier molecular flexibility index (Phi) is 6.72. The normalized spacial score (nSPS) is 12.2. The molecule has 0 aromatic heterocycles. The summed E-state index contributed by atoms with van der Waals surface area (Å²) < 4.78 is 0.818. The van der Waals surface area contributed by atoms with Crippen LogP contribution in [-0.2, 0) is 0 Å². The minimum absolute atomic E-state index is 0.0674. The molecule has 4 heteroatoms. The number of carbonyl (C=O) groups excluding carboxylic acids is 1. The number of hydrogen-bond donors (Lipinski definition) is 1. The third kappa shape index (κ3) is 5.40. The molecule has 0 bridgehead atoms. The summed E-state index contributed by atoms with van der Waals surface area (Å²) in [6, 6.07) is 5.42. The van der Waals surface area contributed by atoms with Crippen LogP contribution in [0.2, 0.25) is 5.02 Å².